The summed E-state index contributed by atoms with van der Waals surface area (Å²) >= 11 is 0. The summed E-state index contributed by atoms with van der Waals surface area (Å²) in [5.74, 6) is -0.111. The number of carbonyl (C=O) groups excluding carboxylic acids is 2. The maximum Gasteiger partial charge on any atom is 0.331 e. The van der Waals surface area contributed by atoms with Crippen molar-refractivity contribution < 1.29 is 18.8 Å². The molecule has 6 heteroatoms. The first-order chi connectivity index (χ1) is 8.91. The Bertz CT molecular complexity index is 503. The second kappa shape index (κ2) is 4.68. The third kappa shape index (κ3) is 2.01. The monoisotopic (exact) mass is 266 g/mol. The molecule has 19 heavy (non-hydrogen) atoms. The van der Waals surface area contributed by atoms with Crippen LogP contribution in [0.2, 0.25) is 0 Å². The molecule has 1 unspecified atom stereocenters. The normalized spacial score (nSPS) is 22.0. The highest BCUT2D eigenvalue weighted by molar-refractivity contribution is 6.00. The standard InChI is InChI=1S/C13H18N2O4/c1-5-18-12(17)13(4)6-7-15(13)11(16)10-8(2)14-19-9(10)3/h5-7H2,1-4H3. The van der Waals surface area contributed by atoms with Crippen LogP contribution >= 0.6 is 0 Å². The second-order valence-corrected chi connectivity index (χ2v) is 4.90. The molecule has 1 aliphatic heterocycles. The number of amides is 1. The fourth-order valence-electron chi connectivity index (χ4n) is 2.31. The summed E-state index contributed by atoms with van der Waals surface area (Å²) in [6.45, 7) is 7.73. The third-order valence-corrected chi connectivity index (χ3v) is 3.63. The van der Waals surface area contributed by atoms with Crippen molar-refractivity contribution >= 4 is 11.9 Å². The van der Waals surface area contributed by atoms with Crippen molar-refractivity contribution in [3.8, 4) is 0 Å². The average Bonchev–Trinajstić information content (AvgIpc) is 2.66. The first-order valence-corrected chi connectivity index (χ1v) is 6.34. The molecule has 2 heterocycles. The van der Waals surface area contributed by atoms with Gasteiger partial charge in [0.25, 0.3) is 5.91 Å². The van der Waals surface area contributed by atoms with Crippen LogP contribution in [0.1, 0.15) is 42.1 Å². The summed E-state index contributed by atoms with van der Waals surface area (Å²) in [5.41, 5.74) is 0.110. The molecule has 0 bridgehead atoms. The first kappa shape index (κ1) is 13.6. The van der Waals surface area contributed by atoms with Crippen LogP contribution in [0.4, 0.5) is 0 Å². The van der Waals surface area contributed by atoms with Crippen LogP contribution in [0.15, 0.2) is 4.52 Å². The number of esters is 1. The van der Waals surface area contributed by atoms with E-state index < -0.39 is 5.54 Å². The van der Waals surface area contributed by atoms with Gasteiger partial charge in [-0.15, -0.1) is 0 Å². The van der Waals surface area contributed by atoms with Crippen molar-refractivity contribution in [3.05, 3.63) is 17.0 Å². The van der Waals surface area contributed by atoms with E-state index in [1.807, 2.05) is 0 Å². The Morgan fingerprint density at radius 3 is 2.58 bits per heavy atom. The van der Waals surface area contributed by atoms with Gasteiger partial charge in [-0.25, -0.2) is 4.79 Å². The predicted octanol–water partition coefficient (Wildman–Crippen LogP) is 1.46. The topological polar surface area (TPSA) is 72.6 Å². The zero-order chi connectivity index (χ0) is 14.2. The van der Waals surface area contributed by atoms with E-state index in [0.717, 1.165) is 0 Å². The Labute approximate surface area is 111 Å². The van der Waals surface area contributed by atoms with Gasteiger partial charge >= 0.3 is 5.97 Å². The number of nitrogens with zero attached hydrogens (tertiary/aromatic N) is 2. The predicted molar refractivity (Wildman–Crippen MR) is 66.7 cm³/mol. The summed E-state index contributed by atoms with van der Waals surface area (Å²) in [4.78, 5) is 25.9. The summed E-state index contributed by atoms with van der Waals surface area (Å²) in [5, 5.41) is 3.77. The van der Waals surface area contributed by atoms with E-state index in [0.29, 0.717) is 36.6 Å². The minimum absolute atomic E-state index is 0.224. The lowest BCUT2D eigenvalue weighted by Crippen LogP contribution is -2.65. The van der Waals surface area contributed by atoms with Crippen molar-refractivity contribution in [3.63, 3.8) is 0 Å². The summed E-state index contributed by atoms with van der Waals surface area (Å²) in [6, 6.07) is 0. The molecule has 1 aliphatic rings. The Kier molecular flexibility index (Phi) is 3.34. The Morgan fingerprint density at radius 2 is 2.16 bits per heavy atom. The third-order valence-electron chi connectivity index (χ3n) is 3.63. The van der Waals surface area contributed by atoms with Gasteiger partial charge in [0, 0.05) is 6.54 Å². The smallest absolute Gasteiger partial charge is 0.331 e. The van der Waals surface area contributed by atoms with Gasteiger partial charge in [0.2, 0.25) is 0 Å². The number of rotatable bonds is 3. The molecule has 0 radical (unpaired) electrons. The van der Waals surface area contributed by atoms with Crippen LogP contribution in [0.3, 0.4) is 0 Å². The zero-order valence-corrected chi connectivity index (χ0v) is 11.6. The molecule has 6 nitrogen and oxygen atoms in total. The van der Waals surface area contributed by atoms with Crippen LogP contribution in [0.25, 0.3) is 0 Å². The molecule has 1 saturated heterocycles. The number of likely N-dealkylation sites (tertiary alicyclic amines) is 1. The van der Waals surface area contributed by atoms with Crippen LogP contribution < -0.4 is 0 Å². The summed E-state index contributed by atoms with van der Waals surface area (Å²) in [6.07, 6.45) is 0.612. The summed E-state index contributed by atoms with van der Waals surface area (Å²) in [7, 11) is 0. The Balaban J connectivity index is 2.24. The van der Waals surface area contributed by atoms with Crippen LogP contribution in [0.5, 0.6) is 0 Å². The Morgan fingerprint density at radius 1 is 1.47 bits per heavy atom. The molecule has 1 atom stereocenters. The van der Waals surface area contributed by atoms with Crippen molar-refractivity contribution in [1.29, 1.82) is 0 Å². The van der Waals surface area contributed by atoms with Gasteiger partial charge in [-0.2, -0.15) is 0 Å². The maximum absolute atomic E-state index is 12.5. The maximum atomic E-state index is 12.5. The molecule has 1 fully saturated rings. The molecule has 0 aromatic carbocycles. The quantitative estimate of drug-likeness (QED) is 0.774. The molecular formula is C13H18N2O4. The summed E-state index contributed by atoms with van der Waals surface area (Å²) < 4.78 is 10.0. The molecule has 0 aliphatic carbocycles. The van der Waals surface area contributed by atoms with E-state index in [9.17, 15) is 9.59 Å². The van der Waals surface area contributed by atoms with E-state index in [-0.39, 0.29) is 11.9 Å². The fourth-order valence-corrected chi connectivity index (χ4v) is 2.31. The van der Waals surface area contributed by atoms with Gasteiger partial charge in [0.05, 0.1) is 12.3 Å². The largest absolute Gasteiger partial charge is 0.464 e. The lowest BCUT2D eigenvalue weighted by molar-refractivity contribution is -0.162. The average molecular weight is 266 g/mol. The Hall–Kier alpha value is -1.85. The number of ether oxygens (including phenoxy) is 1. The van der Waals surface area contributed by atoms with E-state index in [2.05, 4.69) is 5.16 Å². The van der Waals surface area contributed by atoms with Crippen molar-refractivity contribution in [2.45, 2.75) is 39.7 Å². The SMILES string of the molecule is CCOC(=O)C1(C)CCN1C(=O)c1c(C)noc1C. The van der Waals surface area contributed by atoms with Gasteiger partial charge in [0.1, 0.15) is 16.9 Å². The number of aromatic nitrogens is 1. The highest BCUT2D eigenvalue weighted by Crippen LogP contribution is 2.34. The van der Waals surface area contributed by atoms with E-state index in [1.54, 1.807) is 27.7 Å². The van der Waals surface area contributed by atoms with Gasteiger partial charge in [0.15, 0.2) is 0 Å². The highest BCUT2D eigenvalue weighted by atomic mass is 16.5. The highest BCUT2D eigenvalue weighted by Gasteiger charge is 2.51. The second-order valence-electron chi connectivity index (χ2n) is 4.90. The van der Waals surface area contributed by atoms with Crippen molar-refractivity contribution in [2.75, 3.05) is 13.2 Å². The lowest BCUT2D eigenvalue weighted by atomic mass is 9.85. The number of hydrogen-bond acceptors (Lipinski definition) is 5. The molecule has 1 aromatic rings. The molecule has 0 saturated carbocycles. The molecule has 0 N–H and O–H groups in total. The zero-order valence-electron chi connectivity index (χ0n) is 11.6. The lowest BCUT2D eigenvalue weighted by Gasteiger charge is -2.48. The molecule has 1 amide bonds. The van der Waals surface area contributed by atoms with Crippen LogP contribution in [-0.2, 0) is 9.53 Å². The van der Waals surface area contributed by atoms with Gasteiger partial charge in [-0.3, -0.25) is 4.79 Å². The minimum atomic E-state index is -0.872. The molecule has 0 spiro atoms. The van der Waals surface area contributed by atoms with E-state index in [4.69, 9.17) is 9.26 Å². The van der Waals surface area contributed by atoms with Crippen molar-refractivity contribution in [1.82, 2.24) is 10.1 Å². The van der Waals surface area contributed by atoms with Gasteiger partial charge < -0.3 is 14.2 Å². The van der Waals surface area contributed by atoms with Crippen molar-refractivity contribution in [2.24, 2.45) is 0 Å². The molecule has 1 aromatic heterocycles. The van der Waals surface area contributed by atoms with E-state index >= 15 is 0 Å². The number of aryl methyl sites for hydroxylation is 2. The van der Waals surface area contributed by atoms with Crippen LogP contribution in [-0.4, -0.2) is 40.6 Å². The van der Waals surface area contributed by atoms with Gasteiger partial charge in [-0.1, -0.05) is 5.16 Å². The fraction of sp³-hybridized carbons (Fsp3) is 0.615. The van der Waals surface area contributed by atoms with Gasteiger partial charge in [-0.05, 0) is 34.1 Å². The number of hydrogen-bond donors (Lipinski definition) is 0. The number of carbonyl (C=O) groups is 2. The molecule has 2 rings (SSSR count). The van der Waals surface area contributed by atoms with E-state index in [1.165, 1.54) is 4.90 Å². The first-order valence-electron chi connectivity index (χ1n) is 6.34. The van der Waals surface area contributed by atoms with Crippen LogP contribution in [0, 0.1) is 13.8 Å². The minimum Gasteiger partial charge on any atom is -0.464 e. The molecule has 104 valence electrons. The molecular weight excluding hydrogens is 248 g/mol.